The van der Waals surface area contributed by atoms with Crippen molar-refractivity contribution in [2.45, 2.75) is 71.2 Å². The van der Waals surface area contributed by atoms with E-state index in [1.807, 2.05) is 18.7 Å². The zero-order valence-electron chi connectivity index (χ0n) is 13.8. The fraction of sp³-hybridized carbons (Fsp3) is 0.875. The van der Waals surface area contributed by atoms with Crippen molar-refractivity contribution in [1.82, 2.24) is 10.2 Å². The number of methoxy groups -OCH3 is 1. The first-order chi connectivity index (χ1) is 9.85. The molecule has 1 N–H and O–H groups in total. The summed E-state index contributed by atoms with van der Waals surface area (Å²) in [4.78, 5) is 27.1. The van der Waals surface area contributed by atoms with Gasteiger partial charge in [0.15, 0.2) is 0 Å². The molecule has 2 aliphatic rings. The molecule has 2 rings (SSSR count). The van der Waals surface area contributed by atoms with Gasteiger partial charge in [-0.25, -0.2) is 0 Å². The summed E-state index contributed by atoms with van der Waals surface area (Å²) < 4.78 is 5.32. The van der Waals surface area contributed by atoms with Gasteiger partial charge >= 0.3 is 0 Å². The van der Waals surface area contributed by atoms with Gasteiger partial charge in [0.05, 0.1) is 6.10 Å². The zero-order chi connectivity index (χ0) is 15.7. The van der Waals surface area contributed by atoms with Gasteiger partial charge < -0.3 is 15.0 Å². The molecule has 21 heavy (non-hydrogen) atoms. The van der Waals surface area contributed by atoms with Crippen molar-refractivity contribution in [1.29, 1.82) is 0 Å². The minimum atomic E-state index is -0.367. The molecule has 1 heterocycles. The van der Waals surface area contributed by atoms with Gasteiger partial charge in [-0.3, -0.25) is 9.59 Å². The second-order valence-corrected chi connectivity index (χ2v) is 7.11. The molecule has 1 saturated carbocycles. The van der Waals surface area contributed by atoms with E-state index in [1.54, 1.807) is 7.11 Å². The predicted octanol–water partition coefficient (Wildman–Crippen LogP) is 1.56. The van der Waals surface area contributed by atoms with E-state index in [-0.39, 0.29) is 42.0 Å². The lowest BCUT2D eigenvalue weighted by Crippen LogP contribution is -2.69. The summed E-state index contributed by atoms with van der Waals surface area (Å²) in [6.45, 7) is 8.14. The summed E-state index contributed by atoms with van der Waals surface area (Å²) in [5.41, 5.74) is 0. The van der Waals surface area contributed by atoms with E-state index in [1.165, 1.54) is 0 Å². The Morgan fingerprint density at radius 2 is 1.86 bits per heavy atom. The highest BCUT2D eigenvalue weighted by atomic mass is 16.5. The molecule has 1 aliphatic heterocycles. The minimum absolute atomic E-state index is 0.00360. The van der Waals surface area contributed by atoms with Crippen molar-refractivity contribution >= 4 is 11.8 Å². The van der Waals surface area contributed by atoms with E-state index in [9.17, 15) is 9.59 Å². The van der Waals surface area contributed by atoms with Crippen LogP contribution in [0, 0.1) is 11.8 Å². The molecule has 1 aliphatic carbocycles. The molecule has 0 aromatic heterocycles. The van der Waals surface area contributed by atoms with Crippen LogP contribution in [0.4, 0.5) is 0 Å². The molecule has 0 spiro atoms. The molecule has 1 saturated heterocycles. The summed E-state index contributed by atoms with van der Waals surface area (Å²) >= 11 is 0. The van der Waals surface area contributed by atoms with Gasteiger partial charge in [-0.15, -0.1) is 0 Å². The largest absolute Gasteiger partial charge is 0.381 e. The maximum atomic E-state index is 12.8. The Hall–Kier alpha value is -1.10. The smallest absolute Gasteiger partial charge is 0.246 e. The third-order valence-corrected chi connectivity index (χ3v) is 4.57. The highest BCUT2D eigenvalue weighted by Crippen LogP contribution is 2.33. The van der Waals surface area contributed by atoms with Crippen molar-refractivity contribution in [2.75, 3.05) is 7.11 Å². The number of ether oxygens (including phenoxy) is 1. The average molecular weight is 296 g/mol. The van der Waals surface area contributed by atoms with Crippen molar-refractivity contribution in [3.05, 3.63) is 0 Å². The van der Waals surface area contributed by atoms with Gasteiger partial charge in [0.25, 0.3) is 0 Å². The molecule has 2 unspecified atom stereocenters. The van der Waals surface area contributed by atoms with Crippen LogP contribution in [0.3, 0.4) is 0 Å². The highest BCUT2D eigenvalue weighted by molar-refractivity contribution is 5.97. The molecular weight excluding hydrogens is 268 g/mol. The Morgan fingerprint density at radius 1 is 1.24 bits per heavy atom. The lowest BCUT2D eigenvalue weighted by molar-refractivity contribution is -0.160. The number of nitrogens with one attached hydrogen (secondary N) is 1. The topological polar surface area (TPSA) is 58.6 Å². The Kier molecular flexibility index (Phi) is 4.91. The van der Waals surface area contributed by atoms with Gasteiger partial charge in [0.1, 0.15) is 12.1 Å². The Labute approximate surface area is 127 Å². The van der Waals surface area contributed by atoms with Crippen LogP contribution in [0.5, 0.6) is 0 Å². The van der Waals surface area contributed by atoms with Crippen LogP contribution in [0.2, 0.25) is 0 Å². The maximum Gasteiger partial charge on any atom is 0.246 e. The third-order valence-electron chi connectivity index (χ3n) is 4.57. The van der Waals surface area contributed by atoms with Gasteiger partial charge in [-0.05, 0) is 31.1 Å². The second kappa shape index (κ2) is 6.34. The molecule has 5 nitrogen and oxygen atoms in total. The number of piperazine rings is 1. The number of nitrogens with zero attached hydrogens (tertiary/aromatic N) is 1. The fourth-order valence-electron chi connectivity index (χ4n) is 3.38. The SMILES string of the molecule is COC1CC(N2C(=O)C(CC(C)C)NC(=O)C2C(C)C)C1. The number of amides is 2. The van der Waals surface area contributed by atoms with Gasteiger partial charge in [-0.1, -0.05) is 27.7 Å². The molecule has 0 radical (unpaired) electrons. The second-order valence-electron chi connectivity index (χ2n) is 7.11. The van der Waals surface area contributed by atoms with Crippen molar-refractivity contribution in [2.24, 2.45) is 11.8 Å². The van der Waals surface area contributed by atoms with E-state index in [2.05, 4.69) is 19.2 Å². The van der Waals surface area contributed by atoms with Gasteiger partial charge in [-0.2, -0.15) is 0 Å². The predicted molar refractivity (Wildman–Crippen MR) is 80.7 cm³/mol. The summed E-state index contributed by atoms with van der Waals surface area (Å²) in [6, 6.07) is -0.562. The first-order valence-corrected chi connectivity index (χ1v) is 8.00. The average Bonchev–Trinajstić information content (AvgIpc) is 2.32. The Morgan fingerprint density at radius 3 is 2.33 bits per heavy atom. The summed E-state index contributed by atoms with van der Waals surface area (Å²) in [7, 11) is 1.70. The molecule has 2 fully saturated rings. The first-order valence-electron chi connectivity index (χ1n) is 8.00. The van der Waals surface area contributed by atoms with Crippen LogP contribution >= 0.6 is 0 Å². The standard InChI is InChI=1S/C16H28N2O3/c1-9(2)6-13-16(20)18(11-7-12(8-11)21-5)14(10(3)4)15(19)17-13/h9-14H,6-8H2,1-5H3,(H,17,19). The normalized spacial score (nSPS) is 33.4. The molecule has 2 amide bonds. The summed E-state index contributed by atoms with van der Waals surface area (Å²) in [5.74, 6) is 0.582. The molecule has 0 bridgehead atoms. The number of carbonyl (C=O) groups is 2. The first kappa shape index (κ1) is 16.3. The number of carbonyl (C=O) groups excluding carboxylic acids is 2. The van der Waals surface area contributed by atoms with E-state index in [0.717, 1.165) is 12.8 Å². The molecular formula is C16H28N2O3. The minimum Gasteiger partial charge on any atom is -0.381 e. The third kappa shape index (κ3) is 3.23. The molecule has 0 aromatic carbocycles. The van der Waals surface area contributed by atoms with E-state index < -0.39 is 0 Å². The monoisotopic (exact) mass is 296 g/mol. The molecule has 0 aromatic rings. The van der Waals surface area contributed by atoms with E-state index >= 15 is 0 Å². The Bertz CT molecular complexity index is 402. The van der Waals surface area contributed by atoms with Crippen molar-refractivity contribution < 1.29 is 14.3 Å². The van der Waals surface area contributed by atoms with Crippen LogP contribution in [-0.4, -0.2) is 48.1 Å². The number of rotatable bonds is 5. The number of hydrogen-bond acceptors (Lipinski definition) is 3. The zero-order valence-corrected chi connectivity index (χ0v) is 13.8. The van der Waals surface area contributed by atoms with Crippen molar-refractivity contribution in [3.63, 3.8) is 0 Å². The Balaban J connectivity index is 2.17. The van der Waals surface area contributed by atoms with Crippen LogP contribution < -0.4 is 5.32 Å². The van der Waals surface area contributed by atoms with Crippen LogP contribution in [0.15, 0.2) is 0 Å². The lowest BCUT2D eigenvalue weighted by Gasteiger charge is -2.50. The quantitative estimate of drug-likeness (QED) is 0.837. The van der Waals surface area contributed by atoms with E-state index in [4.69, 9.17) is 4.74 Å². The summed E-state index contributed by atoms with van der Waals surface area (Å²) in [6.07, 6.45) is 2.61. The van der Waals surface area contributed by atoms with Crippen LogP contribution in [0.1, 0.15) is 47.0 Å². The highest BCUT2D eigenvalue weighted by Gasteiger charge is 2.48. The fourth-order valence-corrected chi connectivity index (χ4v) is 3.38. The summed E-state index contributed by atoms with van der Waals surface area (Å²) in [5, 5.41) is 2.93. The van der Waals surface area contributed by atoms with Crippen LogP contribution in [0.25, 0.3) is 0 Å². The molecule has 120 valence electrons. The molecule has 5 heteroatoms. The van der Waals surface area contributed by atoms with Gasteiger partial charge in [0, 0.05) is 13.2 Å². The maximum absolute atomic E-state index is 12.8. The molecule has 2 atom stereocenters. The van der Waals surface area contributed by atoms with Crippen molar-refractivity contribution in [3.8, 4) is 0 Å². The van der Waals surface area contributed by atoms with Gasteiger partial charge in [0.2, 0.25) is 11.8 Å². The van der Waals surface area contributed by atoms with Crippen LogP contribution in [-0.2, 0) is 14.3 Å². The van der Waals surface area contributed by atoms with E-state index in [0.29, 0.717) is 12.3 Å². The lowest BCUT2D eigenvalue weighted by atomic mass is 9.83. The number of hydrogen-bond donors (Lipinski definition) is 1.